The van der Waals surface area contributed by atoms with Crippen LogP contribution in [-0.2, 0) is 4.79 Å². The predicted octanol–water partition coefficient (Wildman–Crippen LogP) is 4.79. The monoisotopic (exact) mass is 498 g/mol. The Bertz CT molecular complexity index is 1640. The lowest BCUT2D eigenvalue weighted by Gasteiger charge is -2.12. The molecule has 0 radical (unpaired) electrons. The average molecular weight is 499 g/mol. The van der Waals surface area contributed by atoms with Gasteiger partial charge in [0, 0.05) is 47.8 Å². The molecule has 0 saturated carbocycles. The predicted molar refractivity (Wildman–Crippen MR) is 138 cm³/mol. The molecule has 0 unspecified atom stereocenters. The summed E-state index contributed by atoms with van der Waals surface area (Å²) in [5.74, 6) is 6.21. The zero-order valence-electron chi connectivity index (χ0n) is 18.8. The molecular formula is C26H19ClN6O3. The molecule has 0 aliphatic rings. The second-order valence-electron chi connectivity index (χ2n) is 7.61. The molecule has 3 heterocycles. The highest BCUT2D eigenvalue weighted by atomic mass is 35.5. The third-order valence-electron chi connectivity index (χ3n) is 5.12. The number of anilines is 3. The first-order chi connectivity index (χ1) is 17.6. The molecule has 5 rings (SSSR count). The van der Waals surface area contributed by atoms with Crippen LogP contribution in [0.3, 0.4) is 0 Å². The molecule has 0 fully saturated rings. The van der Waals surface area contributed by atoms with Crippen molar-refractivity contribution in [3.05, 3.63) is 78.5 Å². The average Bonchev–Trinajstić information content (AvgIpc) is 3.34. The summed E-state index contributed by atoms with van der Waals surface area (Å²) in [5, 5.41) is 15.9. The molecule has 0 aliphatic heterocycles. The molecule has 3 N–H and O–H groups in total. The molecule has 3 aromatic heterocycles. The van der Waals surface area contributed by atoms with Crippen LogP contribution in [0.25, 0.3) is 16.6 Å². The number of imidazole rings is 1. The van der Waals surface area contributed by atoms with Crippen LogP contribution >= 0.6 is 11.6 Å². The van der Waals surface area contributed by atoms with Gasteiger partial charge in [0.25, 0.3) is 5.91 Å². The molecule has 2 aromatic carbocycles. The van der Waals surface area contributed by atoms with Crippen molar-refractivity contribution < 1.29 is 14.6 Å². The maximum atomic E-state index is 12.0. The van der Waals surface area contributed by atoms with Gasteiger partial charge in [-0.1, -0.05) is 17.5 Å². The number of benzene rings is 2. The number of pyridine rings is 1. The van der Waals surface area contributed by atoms with E-state index < -0.39 is 5.91 Å². The second kappa shape index (κ2) is 10.3. The number of hydrogen-bond acceptors (Lipinski definition) is 7. The maximum absolute atomic E-state index is 12.0. The Morgan fingerprint density at radius 3 is 2.81 bits per heavy atom. The van der Waals surface area contributed by atoms with E-state index in [0.717, 1.165) is 5.65 Å². The van der Waals surface area contributed by atoms with Gasteiger partial charge in [-0.2, -0.15) is 0 Å². The van der Waals surface area contributed by atoms with Gasteiger partial charge in [-0.25, -0.2) is 15.0 Å². The van der Waals surface area contributed by atoms with Crippen LogP contribution in [0.1, 0.15) is 6.42 Å². The molecular weight excluding hydrogens is 480 g/mol. The van der Waals surface area contributed by atoms with Gasteiger partial charge in [0.1, 0.15) is 29.3 Å². The quantitative estimate of drug-likeness (QED) is 0.288. The van der Waals surface area contributed by atoms with Gasteiger partial charge >= 0.3 is 0 Å². The lowest BCUT2D eigenvalue weighted by Crippen LogP contribution is -2.08. The third kappa shape index (κ3) is 5.20. The van der Waals surface area contributed by atoms with Gasteiger partial charge in [0.15, 0.2) is 0 Å². The topological polar surface area (TPSA) is 114 Å². The van der Waals surface area contributed by atoms with Crippen LogP contribution in [0.15, 0.2) is 73.4 Å². The second-order valence-corrected chi connectivity index (χ2v) is 8.02. The number of aliphatic hydroxyl groups is 1. The lowest BCUT2D eigenvalue weighted by molar-refractivity contribution is -0.111. The summed E-state index contributed by atoms with van der Waals surface area (Å²) in [6.45, 7) is -0.0964. The van der Waals surface area contributed by atoms with Crippen LogP contribution in [0, 0.1) is 11.8 Å². The Hall–Kier alpha value is -4.65. The number of nitrogens with one attached hydrogen (secondary N) is 2. The molecule has 9 nitrogen and oxygen atoms in total. The number of ether oxygens (including phenoxy) is 1. The minimum Gasteiger partial charge on any atom is -0.456 e. The van der Waals surface area contributed by atoms with E-state index in [4.69, 9.17) is 21.4 Å². The molecule has 0 bridgehead atoms. The van der Waals surface area contributed by atoms with Crippen LogP contribution < -0.4 is 15.4 Å². The lowest BCUT2D eigenvalue weighted by atomic mass is 10.2. The molecule has 10 heteroatoms. The summed E-state index contributed by atoms with van der Waals surface area (Å²) in [7, 11) is 0. The van der Waals surface area contributed by atoms with Crippen molar-refractivity contribution in [2.24, 2.45) is 0 Å². The molecule has 36 heavy (non-hydrogen) atoms. The number of hydrogen-bond donors (Lipinski definition) is 3. The number of aliphatic hydroxyl groups excluding tert-OH is 1. The Morgan fingerprint density at radius 1 is 1.06 bits per heavy atom. The SMILES string of the molecule is O=C(C#CCCO)Nc1ccc2ncnc(Nc3ccc(Oc4ccn5ccnc5c4)c(Cl)c3)c2c1. The number of carbonyl (C=O) groups is 1. The zero-order chi connectivity index (χ0) is 24.9. The number of carbonyl (C=O) groups excluding carboxylic acids is 1. The highest BCUT2D eigenvalue weighted by Crippen LogP contribution is 2.34. The van der Waals surface area contributed by atoms with E-state index in [0.29, 0.717) is 44.6 Å². The van der Waals surface area contributed by atoms with E-state index >= 15 is 0 Å². The van der Waals surface area contributed by atoms with E-state index in [9.17, 15) is 4.79 Å². The van der Waals surface area contributed by atoms with Crippen LogP contribution in [0.5, 0.6) is 11.5 Å². The highest BCUT2D eigenvalue weighted by molar-refractivity contribution is 6.32. The van der Waals surface area contributed by atoms with E-state index in [2.05, 4.69) is 37.4 Å². The van der Waals surface area contributed by atoms with Gasteiger partial charge in [-0.3, -0.25) is 4.79 Å². The van der Waals surface area contributed by atoms with Crippen LogP contribution in [-0.4, -0.2) is 37.0 Å². The Balaban J connectivity index is 1.35. The number of rotatable bonds is 6. The van der Waals surface area contributed by atoms with Gasteiger partial charge in [0.05, 0.1) is 17.1 Å². The fourth-order valence-corrected chi connectivity index (χ4v) is 3.69. The fraction of sp³-hybridized carbons (Fsp3) is 0.0769. The number of fused-ring (bicyclic) bond motifs is 2. The Kier molecular flexibility index (Phi) is 6.62. The molecule has 1 amide bonds. The minimum atomic E-state index is -0.469. The zero-order valence-corrected chi connectivity index (χ0v) is 19.5. The van der Waals surface area contributed by atoms with Crippen LogP contribution in [0.2, 0.25) is 5.02 Å². The first-order valence-corrected chi connectivity index (χ1v) is 11.3. The van der Waals surface area contributed by atoms with E-state index in [1.807, 2.05) is 35.0 Å². The molecule has 0 saturated heterocycles. The summed E-state index contributed by atoms with van der Waals surface area (Å²) >= 11 is 6.50. The van der Waals surface area contributed by atoms with Gasteiger partial charge < -0.3 is 24.9 Å². The summed E-state index contributed by atoms with van der Waals surface area (Å²) < 4.78 is 7.83. The van der Waals surface area contributed by atoms with Crippen molar-refractivity contribution >= 4 is 51.3 Å². The van der Waals surface area contributed by atoms with Crippen molar-refractivity contribution in [1.82, 2.24) is 19.4 Å². The van der Waals surface area contributed by atoms with E-state index in [-0.39, 0.29) is 13.0 Å². The normalized spacial score (nSPS) is 10.6. The summed E-state index contributed by atoms with van der Waals surface area (Å²) in [4.78, 5) is 24.9. The standard InChI is InChI=1S/C26H19ClN6O3/c27-21-14-18(5-7-23(21)36-19-8-10-33-11-9-28-24(33)15-19)32-26-20-13-17(4-6-22(20)29-16-30-26)31-25(35)3-1-2-12-34/h4-11,13-16,34H,2,12H2,(H,31,35)(H,29,30,32). The first kappa shape index (κ1) is 23.1. The summed E-state index contributed by atoms with van der Waals surface area (Å²) in [5.41, 5.74) is 2.70. The van der Waals surface area contributed by atoms with E-state index in [1.165, 1.54) is 6.33 Å². The van der Waals surface area contributed by atoms with Crippen molar-refractivity contribution in [2.75, 3.05) is 17.2 Å². The van der Waals surface area contributed by atoms with Crippen LogP contribution in [0.4, 0.5) is 17.2 Å². The van der Waals surface area contributed by atoms with Crippen molar-refractivity contribution in [3.63, 3.8) is 0 Å². The molecule has 0 spiro atoms. The summed E-state index contributed by atoms with van der Waals surface area (Å²) in [6.07, 6.45) is 7.12. The molecule has 178 valence electrons. The van der Waals surface area contributed by atoms with E-state index in [1.54, 1.807) is 36.5 Å². The maximum Gasteiger partial charge on any atom is 0.300 e. The minimum absolute atomic E-state index is 0.0964. The smallest absolute Gasteiger partial charge is 0.300 e. The van der Waals surface area contributed by atoms with Gasteiger partial charge in [-0.15, -0.1) is 0 Å². The van der Waals surface area contributed by atoms with Gasteiger partial charge in [0.2, 0.25) is 0 Å². The number of nitrogens with zero attached hydrogens (tertiary/aromatic N) is 4. The summed E-state index contributed by atoms with van der Waals surface area (Å²) in [6, 6.07) is 14.2. The van der Waals surface area contributed by atoms with Crippen molar-refractivity contribution in [1.29, 1.82) is 0 Å². The largest absolute Gasteiger partial charge is 0.456 e. The number of amides is 1. The Morgan fingerprint density at radius 2 is 1.94 bits per heavy atom. The molecule has 5 aromatic rings. The molecule has 0 atom stereocenters. The fourth-order valence-electron chi connectivity index (χ4n) is 3.48. The van der Waals surface area contributed by atoms with Crippen molar-refractivity contribution in [3.8, 4) is 23.3 Å². The van der Waals surface area contributed by atoms with Crippen molar-refractivity contribution in [2.45, 2.75) is 6.42 Å². The number of halogens is 1. The first-order valence-electron chi connectivity index (χ1n) is 10.9. The highest BCUT2D eigenvalue weighted by Gasteiger charge is 2.10. The van der Waals surface area contributed by atoms with Gasteiger partial charge in [-0.05, 0) is 48.4 Å². The molecule has 0 aliphatic carbocycles. The third-order valence-corrected chi connectivity index (χ3v) is 5.42. The number of aromatic nitrogens is 4. The Labute approximate surface area is 210 Å².